The van der Waals surface area contributed by atoms with E-state index in [1.54, 1.807) is 6.07 Å². The fourth-order valence-electron chi connectivity index (χ4n) is 2.44. The molecular formula is C13H19N3O2. The Morgan fingerprint density at radius 3 is 2.44 bits per heavy atom. The molecule has 1 N–H and O–H groups in total. The topological polar surface area (TPSA) is 66.3 Å². The van der Waals surface area contributed by atoms with E-state index in [2.05, 4.69) is 22.0 Å². The molecule has 0 unspecified atom stereocenters. The van der Waals surface area contributed by atoms with Gasteiger partial charge in [0.15, 0.2) is 11.5 Å². The highest BCUT2D eigenvalue weighted by Gasteiger charge is 2.22. The third-order valence-electron chi connectivity index (χ3n) is 3.76. The lowest BCUT2D eigenvalue weighted by Gasteiger charge is -2.34. The van der Waals surface area contributed by atoms with Crippen molar-refractivity contribution >= 4 is 11.8 Å². The molecule has 0 radical (unpaired) electrons. The lowest BCUT2D eigenvalue weighted by molar-refractivity contribution is 0.0689. The molecule has 0 saturated heterocycles. The smallest absolute Gasteiger partial charge is 0.356 e. The first-order chi connectivity index (χ1) is 8.58. The summed E-state index contributed by atoms with van der Waals surface area (Å²) in [5.41, 5.74) is -0.00980. The molecule has 2 rings (SSSR count). The van der Waals surface area contributed by atoms with Crippen LogP contribution >= 0.6 is 0 Å². The SMILES string of the molecule is CC1CCC(N(C)c2ccc(C(=O)O)nn2)CC1. The molecule has 0 aromatic carbocycles. The van der Waals surface area contributed by atoms with Gasteiger partial charge in [0, 0.05) is 13.1 Å². The first-order valence-corrected chi connectivity index (χ1v) is 6.37. The van der Waals surface area contributed by atoms with Gasteiger partial charge in [0.05, 0.1) is 0 Å². The van der Waals surface area contributed by atoms with Crippen LogP contribution < -0.4 is 4.90 Å². The molecule has 1 aromatic rings. The normalized spacial score (nSPS) is 23.7. The van der Waals surface area contributed by atoms with Gasteiger partial charge in [0.1, 0.15) is 0 Å². The van der Waals surface area contributed by atoms with E-state index in [4.69, 9.17) is 5.11 Å². The quantitative estimate of drug-likeness (QED) is 0.889. The largest absolute Gasteiger partial charge is 0.476 e. The van der Waals surface area contributed by atoms with Crippen LogP contribution in [0, 0.1) is 5.92 Å². The lowest BCUT2D eigenvalue weighted by Crippen LogP contribution is -2.35. The zero-order chi connectivity index (χ0) is 13.1. The van der Waals surface area contributed by atoms with E-state index in [1.165, 1.54) is 31.7 Å². The summed E-state index contributed by atoms with van der Waals surface area (Å²) in [5.74, 6) is 0.526. The number of carboxylic acid groups (broad SMARTS) is 1. The Bertz CT molecular complexity index is 411. The molecule has 5 nitrogen and oxygen atoms in total. The standard InChI is InChI=1S/C13H19N3O2/c1-9-3-5-10(6-4-9)16(2)12-8-7-11(13(17)18)14-15-12/h7-10H,3-6H2,1-2H3,(H,17,18). The number of rotatable bonds is 3. The minimum atomic E-state index is -1.04. The van der Waals surface area contributed by atoms with E-state index in [0.717, 1.165) is 11.7 Å². The molecule has 1 aliphatic rings. The summed E-state index contributed by atoms with van der Waals surface area (Å²) in [5, 5.41) is 16.5. The van der Waals surface area contributed by atoms with Crippen LogP contribution in [0.15, 0.2) is 12.1 Å². The van der Waals surface area contributed by atoms with Crippen LogP contribution in [-0.2, 0) is 0 Å². The van der Waals surface area contributed by atoms with Crippen LogP contribution in [0.3, 0.4) is 0 Å². The average Bonchev–Trinajstić information content (AvgIpc) is 2.39. The maximum absolute atomic E-state index is 10.7. The van der Waals surface area contributed by atoms with E-state index in [-0.39, 0.29) is 5.69 Å². The summed E-state index contributed by atoms with van der Waals surface area (Å²) in [6, 6.07) is 3.73. The highest BCUT2D eigenvalue weighted by atomic mass is 16.4. The molecule has 5 heteroatoms. The molecular weight excluding hydrogens is 230 g/mol. The first-order valence-electron chi connectivity index (χ1n) is 6.37. The highest BCUT2D eigenvalue weighted by Crippen LogP contribution is 2.28. The van der Waals surface area contributed by atoms with Crippen molar-refractivity contribution in [3.8, 4) is 0 Å². The van der Waals surface area contributed by atoms with Crippen molar-refractivity contribution in [2.75, 3.05) is 11.9 Å². The van der Waals surface area contributed by atoms with Crippen LogP contribution in [0.2, 0.25) is 0 Å². The lowest BCUT2D eigenvalue weighted by atomic mass is 9.87. The summed E-state index contributed by atoms with van der Waals surface area (Å²) in [7, 11) is 2.01. The monoisotopic (exact) mass is 249 g/mol. The Labute approximate surface area is 107 Å². The summed E-state index contributed by atoms with van der Waals surface area (Å²) in [6.45, 7) is 2.29. The highest BCUT2D eigenvalue weighted by molar-refractivity contribution is 5.85. The van der Waals surface area contributed by atoms with Gasteiger partial charge in [-0.3, -0.25) is 0 Å². The minimum Gasteiger partial charge on any atom is -0.476 e. The minimum absolute atomic E-state index is 0.00980. The van der Waals surface area contributed by atoms with Crippen LogP contribution in [0.1, 0.15) is 43.1 Å². The van der Waals surface area contributed by atoms with Gasteiger partial charge in [-0.15, -0.1) is 10.2 Å². The molecule has 0 amide bonds. The Morgan fingerprint density at radius 2 is 1.94 bits per heavy atom. The molecule has 1 fully saturated rings. The molecule has 1 aromatic heterocycles. The molecule has 0 aliphatic heterocycles. The second kappa shape index (κ2) is 5.33. The van der Waals surface area contributed by atoms with E-state index >= 15 is 0 Å². The van der Waals surface area contributed by atoms with Gasteiger partial charge in [0.2, 0.25) is 0 Å². The molecule has 98 valence electrons. The van der Waals surface area contributed by atoms with Crippen molar-refractivity contribution < 1.29 is 9.90 Å². The summed E-state index contributed by atoms with van der Waals surface area (Å²) >= 11 is 0. The number of hydrogen-bond donors (Lipinski definition) is 1. The maximum atomic E-state index is 10.7. The Morgan fingerprint density at radius 1 is 1.28 bits per heavy atom. The fraction of sp³-hybridized carbons (Fsp3) is 0.615. The number of anilines is 1. The Kier molecular flexibility index (Phi) is 3.79. The van der Waals surface area contributed by atoms with E-state index in [1.807, 2.05) is 7.05 Å². The van der Waals surface area contributed by atoms with Gasteiger partial charge in [0.25, 0.3) is 0 Å². The zero-order valence-electron chi connectivity index (χ0n) is 10.8. The zero-order valence-corrected chi connectivity index (χ0v) is 10.8. The molecule has 0 spiro atoms. The van der Waals surface area contributed by atoms with Crippen molar-refractivity contribution in [1.82, 2.24) is 10.2 Å². The van der Waals surface area contributed by atoms with Crippen LogP contribution in [0.4, 0.5) is 5.82 Å². The van der Waals surface area contributed by atoms with Gasteiger partial charge in [-0.1, -0.05) is 6.92 Å². The van der Waals surface area contributed by atoms with Gasteiger partial charge in [-0.25, -0.2) is 4.79 Å². The van der Waals surface area contributed by atoms with Gasteiger partial charge in [-0.2, -0.15) is 0 Å². The van der Waals surface area contributed by atoms with Crippen LogP contribution in [0.25, 0.3) is 0 Å². The molecule has 0 atom stereocenters. The number of carboxylic acids is 1. The molecule has 0 bridgehead atoms. The van der Waals surface area contributed by atoms with E-state index < -0.39 is 5.97 Å². The van der Waals surface area contributed by atoms with Crippen molar-refractivity contribution in [1.29, 1.82) is 0 Å². The van der Waals surface area contributed by atoms with Gasteiger partial charge in [-0.05, 0) is 43.7 Å². The van der Waals surface area contributed by atoms with Crippen molar-refractivity contribution in [3.63, 3.8) is 0 Å². The van der Waals surface area contributed by atoms with Gasteiger partial charge >= 0.3 is 5.97 Å². The maximum Gasteiger partial charge on any atom is 0.356 e. The van der Waals surface area contributed by atoms with E-state index in [9.17, 15) is 4.79 Å². The number of aromatic carboxylic acids is 1. The number of nitrogens with zero attached hydrogens (tertiary/aromatic N) is 3. The fourth-order valence-corrected chi connectivity index (χ4v) is 2.44. The van der Waals surface area contributed by atoms with Gasteiger partial charge < -0.3 is 10.0 Å². The second-order valence-corrected chi connectivity index (χ2v) is 5.11. The predicted molar refractivity (Wildman–Crippen MR) is 68.8 cm³/mol. The number of aromatic nitrogens is 2. The van der Waals surface area contributed by atoms with Crippen LogP contribution in [0.5, 0.6) is 0 Å². The number of carbonyl (C=O) groups is 1. The van der Waals surface area contributed by atoms with Crippen molar-refractivity contribution in [2.24, 2.45) is 5.92 Å². The average molecular weight is 249 g/mol. The second-order valence-electron chi connectivity index (χ2n) is 5.11. The summed E-state index contributed by atoms with van der Waals surface area (Å²) in [6.07, 6.45) is 4.82. The molecule has 18 heavy (non-hydrogen) atoms. The Balaban J connectivity index is 2.04. The molecule has 1 saturated carbocycles. The third-order valence-corrected chi connectivity index (χ3v) is 3.76. The summed E-state index contributed by atoms with van der Waals surface area (Å²) in [4.78, 5) is 12.8. The van der Waals surface area contributed by atoms with Crippen molar-refractivity contribution in [2.45, 2.75) is 38.6 Å². The summed E-state index contributed by atoms with van der Waals surface area (Å²) < 4.78 is 0. The van der Waals surface area contributed by atoms with E-state index in [0.29, 0.717) is 6.04 Å². The first kappa shape index (κ1) is 12.8. The molecule has 1 heterocycles. The third kappa shape index (κ3) is 2.78. The Hall–Kier alpha value is -1.65. The molecule has 1 aliphatic carbocycles. The number of hydrogen-bond acceptors (Lipinski definition) is 4. The van der Waals surface area contributed by atoms with Crippen LogP contribution in [-0.4, -0.2) is 34.4 Å². The van der Waals surface area contributed by atoms with Crippen molar-refractivity contribution in [3.05, 3.63) is 17.8 Å². The predicted octanol–water partition coefficient (Wildman–Crippen LogP) is 2.19.